The predicted octanol–water partition coefficient (Wildman–Crippen LogP) is 7.52. The van der Waals surface area contributed by atoms with Gasteiger partial charge in [0.05, 0.1) is 36.0 Å². The lowest BCUT2D eigenvalue weighted by atomic mass is 10.1. The Kier molecular flexibility index (Phi) is 10.6. The third-order valence-electron chi connectivity index (χ3n) is 6.45. The summed E-state index contributed by atoms with van der Waals surface area (Å²) in [5.74, 6) is 0.427. The zero-order chi connectivity index (χ0) is 31.0. The van der Waals surface area contributed by atoms with Crippen LogP contribution in [0.5, 0.6) is 11.5 Å². The Morgan fingerprint density at radius 2 is 1.67 bits per heavy atom. The molecule has 0 aromatic heterocycles. The number of nitrogens with two attached hydrogens (primary N) is 1. The summed E-state index contributed by atoms with van der Waals surface area (Å²) in [5.41, 5.74) is 9.30. The molecule has 0 bridgehead atoms. The maximum absolute atomic E-state index is 12.9. The van der Waals surface area contributed by atoms with Crippen molar-refractivity contribution in [3.63, 3.8) is 0 Å². The quantitative estimate of drug-likeness (QED) is 0.0395. The van der Waals surface area contributed by atoms with E-state index in [4.69, 9.17) is 19.8 Å². The molecule has 0 fully saturated rings. The van der Waals surface area contributed by atoms with E-state index in [0.29, 0.717) is 40.7 Å². The van der Waals surface area contributed by atoms with Crippen molar-refractivity contribution in [2.45, 2.75) is 38.0 Å². The summed E-state index contributed by atoms with van der Waals surface area (Å²) in [6, 6.07) is 19.5. The highest BCUT2D eigenvalue weighted by Gasteiger charge is 2.11. The van der Waals surface area contributed by atoms with Crippen molar-refractivity contribution >= 4 is 62.2 Å². The summed E-state index contributed by atoms with van der Waals surface area (Å²) in [6.45, 7) is 4.62. The lowest BCUT2D eigenvalue weighted by Gasteiger charge is -2.12. The molecule has 226 valence electrons. The number of hydrogen-bond donors (Lipinski definition) is 4. The second-order valence-corrected chi connectivity index (χ2v) is 12.0. The molecule has 4 aromatic carbocycles. The van der Waals surface area contributed by atoms with E-state index in [1.165, 1.54) is 0 Å². The molecule has 1 amide bonds. The number of nitrogens with zero attached hydrogens (tertiary/aromatic N) is 2. The van der Waals surface area contributed by atoms with Gasteiger partial charge in [0.25, 0.3) is 16.0 Å². The number of nitrogen functional groups attached to an aromatic ring is 1. The van der Waals surface area contributed by atoms with Crippen LogP contribution in [0.1, 0.15) is 42.1 Å². The Bertz CT molecular complexity index is 1740. The summed E-state index contributed by atoms with van der Waals surface area (Å²) >= 11 is 4.51. The molecule has 0 radical (unpaired) electrons. The minimum absolute atomic E-state index is 0.0527. The molecule has 0 unspecified atom stereocenters. The maximum atomic E-state index is 12.9. The smallest absolute Gasteiger partial charge is 0.264 e. The van der Waals surface area contributed by atoms with Crippen LogP contribution in [-0.4, -0.2) is 37.8 Å². The third kappa shape index (κ3) is 9.18. The zero-order valence-corrected chi connectivity index (χ0v) is 25.6. The summed E-state index contributed by atoms with van der Waals surface area (Å²) < 4.78 is 42.1. The molecule has 0 saturated carbocycles. The van der Waals surface area contributed by atoms with E-state index < -0.39 is 15.9 Å². The van der Waals surface area contributed by atoms with Crippen LogP contribution in [-0.2, 0) is 10.1 Å². The van der Waals surface area contributed by atoms with Gasteiger partial charge in [0, 0.05) is 27.6 Å². The molecule has 0 atom stereocenters. The number of ether oxygens (including phenoxy) is 2. The van der Waals surface area contributed by atoms with E-state index in [1.807, 2.05) is 37.3 Å². The number of unbranched alkanes of at least 4 members (excludes halogenated alkanes) is 1. The molecule has 4 rings (SSSR count). The van der Waals surface area contributed by atoms with E-state index in [-0.39, 0.29) is 18.9 Å². The highest BCUT2D eigenvalue weighted by atomic mass is 32.2. The van der Waals surface area contributed by atoms with Crippen LogP contribution in [0.25, 0.3) is 10.8 Å². The van der Waals surface area contributed by atoms with E-state index in [1.54, 1.807) is 36.4 Å². The number of amides is 1. The predicted molar refractivity (Wildman–Crippen MR) is 172 cm³/mol. The number of azo groups is 1. The molecule has 0 heterocycles. The molecule has 4 N–H and O–H groups in total. The van der Waals surface area contributed by atoms with Crippen molar-refractivity contribution in [3.05, 3.63) is 77.9 Å². The number of thiol groups is 1. The highest BCUT2D eigenvalue weighted by Crippen LogP contribution is 2.33. The van der Waals surface area contributed by atoms with Gasteiger partial charge in [-0.15, -0.1) is 12.6 Å². The largest absolute Gasteiger partial charge is 0.493 e. The molecule has 0 aliphatic heterocycles. The van der Waals surface area contributed by atoms with Gasteiger partial charge >= 0.3 is 0 Å². The number of fused-ring (bicyclic) bond motifs is 1. The first-order valence-corrected chi connectivity index (χ1v) is 15.8. The first-order valence-electron chi connectivity index (χ1n) is 13.7. The third-order valence-corrected chi connectivity index (χ3v) is 7.51. The van der Waals surface area contributed by atoms with Gasteiger partial charge in [-0.3, -0.25) is 9.35 Å². The van der Waals surface area contributed by atoms with Crippen LogP contribution in [0, 0.1) is 6.92 Å². The fourth-order valence-corrected chi connectivity index (χ4v) is 4.93. The van der Waals surface area contributed by atoms with Crippen LogP contribution in [0.15, 0.2) is 81.9 Å². The van der Waals surface area contributed by atoms with Crippen LogP contribution in [0.3, 0.4) is 0 Å². The fourth-order valence-electron chi connectivity index (χ4n) is 4.19. The number of carbonyl (C=O) groups excluding carboxylic acids is 1. The summed E-state index contributed by atoms with van der Waals surface area (Å²) in [7, 11) is -4.06. The van der Waals surface area contributed by atoms with Crippen LogP contribution in [0.4, 0.5) is 22.7 Å². The van der Waals surface area contributed by atoms with Crippen LogP contribution in [0.2, 0.25) is 0 Å². The van der Waals surface area contributed by atoms with E-state index in [0.717, 1.165) is 39.8 Å². The monoisotopic (exact) mass is 622 g/mol. The molecule has 12 heteroatoms. The molecule has 10 nitrogen and oxygen atoms in total. The topological polar surface area (TPSA) is 153 Å². The first kappa shape index (κ1) is 31.8. The Balaban J connectivity index is 1.41. The SMILES string of the molecule is CCCCOc1cc(S)cc2cc(NC(=O)c3ccc(N=Nc4cc(OCCCS(=O)(=O)O)c(N)cc4C)cc3)ccc12. The van der Waals surface area contributed by atoms with E-state index >= 15 is 0 Å². The Morgan fingerprint density at radius 3 is 2.40 bits per heavy atom. The van der Waals surface area contributed by atoms with Gasteiger partial charge in [-0.2, -0.15) is 18.6 Å². The molecular formula is C31H34N4O6S2. The van der Waals surface area contributed by atoms with Crippen molar-refractivity contribution in [3.8, 4) is 11.5 Å². The van der Waals surface area contributed by atoms with Crippen molar-refractivity contribution in [1.82, 2.24) is 0 Å². The van der Waals surface area contributed by atoms with Gasteiger partial charge in [-0.05, 0) is 91.4 Å². The number of nitrogens with one attached hydrogen (secondary N) is 1. The van der Waals surface area contributed by atoms with Gasteiger partial charge in [-0.25, -0.2) is 0 Å². The average molecular weight is 623 g/mol. The van der Waals surface area contributed by atoms with E-state index in [9.17, 15) is 13.2 Å². The lowest BCUT2D eigenvalue weighted by Crippen LogP contribution is -2.11. The second kappa shape index (κ2) is 14.4. The molecule has 0 spiro atoms. The minimum Gasteiger partial charge on any atom is -0.493 e. The van der Waals surface area contributed by atoms with Crippen molar-refractivity contribution in [1.29, 1.82) is 0 Å². The number of carbonyl (C=O) groups is 1. The average Bonchev–Trinajstić information content (AvgIpc) is 2.95. The summed E-state index contributed by atoms with van der Waals surface area (Å²) in [5, 5.41) is 13.4. The lowest BCUT2D eigenvalue weighted by molar-refractivity contribution is 0.102. The Morgan fingerprint density at radius 1 is 0.953 bits per heavy atom. The van der Waals surface area contributed by atoms with Crippen molar-refractivity contribution in [2.24, 2.45) is 10.2 Å². The second-order valence-electron chi connectivity index (χ2n) is 9.95. The summed E-state index contributed by atoms with van der Waals surface area (Å²) in [6.07, 6.45) is 2.12. The van der Waals surface area contributed by atoms with Gasteiger partial charge in [0.15, 0.2) is 0 Å². The Hall–Kier alpha value is -4.13. The molecular weight excluding hydrogens is 588 g/mol. The normalized spacial score (nSPS) is 11.6. The standard InChI is InChI=1S/C31H34N4O6S2/c1-3-4-12-40-29-18-25(42)17-22-16-24(10-11-26(22)29)33-31(36)21-6-8-23(9-7-21)34-35-28-19-30(27(32)15-20(28)2)41-13-5-14-43(37,38)39/h6-11,15-19,42H,3-5,12-14,32H2,1-2H3,(H,33,36)(H,37,38,39). The van der Waals surface area contributed by atoms with Crippen LogP contribution < -0.4 is 20.5 Å². The number of rotatable bonds is 13. The molecule has 0 aliphatic rings. The van der Waals surface area contributed by atoms with Gasteiger partial charge in [0.1, 0.15) is 11.5 Å². The molecule has 0 aliphatic carbocycles. The van der Waals surface area contributed by atoms with Crippen molar-refractivity contribution < 1.29 is 27.2 Å². The number of benzene rings is 4. The van der Waals surface area contributed by atoms with Crippen molar-refractivity contribution in [2.75, 3.05) is 30.0 Å². The fraction of sp³-hybridized carbons (Fsp3) is 0.258. The Labute approximate surface area is 256 Å². The van der Waals surface area contributed by atoms with Gasteiger partial charge in [-0.1, -0.05) is 13.3 Å². The van der Waals surface area contributed by atoms with E-state index in [2.05, 4.69) is 35.1 Å². The first-order chi connectivity index (χ1) is 20.5. The van der Waals surface area contributed by atoms with Gasteiger partial charge in [0.2, 0.25) is 0 Å². The summed E-state index contributed by atoms with van der Waals surface area (Å²) in [4.78, 5) is 13.7. The maximum Gasteiger partial charge on any atom is 0.264 e. The number of anilines is 2. The van der Waals surface area contributed by atoms with Gasteiger partial charge < -0.3 is 20.5 Å². The molecule has 0 saturated heterocycles. The number of aryl methyl sites for hydroxylation is 1. The van der Waals surface area contributed by atoms with Crippen LogP contribution >= 0.6 is 12.6 Å². The molecule has 43 heavy (non-hydrogen) atoms. The number of hydrogen-bond acceptors (Lipinski definition) is 9. The minimum atomic E-state index is -4.06. The highest BCUT2D eigenvalue weighted by molar-refractivity contribution is 7.85. The molecule has 4 aromatic rings. The zero-order valence-electron chi connectivity index (χ0n) is 23.9.